The third kappa shape index (κ3) is 2.95. The van der Waals surface area contributed by atoms with Crippen LogP contribution in [0.5, 0.6) is 0 Å². The number of fused-ring (bicyclic) bond motifs is 2. The molecule has 0 aromatic carbocycles. The van der Waals surface area contributed by atoms with Gasteiger partial charge in [0.05, 0.1) is 11.9 Å². The van der Waals surface area contributed by atoms with Crippen LogP contribution in [0.2, 0.25) is 0 Å². The van der Waals surface area contributed by atoms with E-state index < -0.39 is 0 Å². The smallest absolute Gasteiger partial charge is 0.147 e. The Balaban J connectivity index is 1.60. The molecule has 2 aliphatic rings. The summed E-state index contributed by atoms with van der Waals surface area (Å²) in [4.78, 5) is 11.4. The van der Waals surface area contributed by atoms with Crippen molar-refractivity contribution in [2.24, 2.45) is 17.8 Å². The van der Waals surface area contributed by atoms with E-state index in [-0.39, 0.29) is 0 Å². The molecule has 0 amide bonds. The van der Waals surface area contributed by atoms with Crippen molar-refractivity contribution in [1.29, 1.82) is 0 Å². The molecule has 3 rings (SSSR count). The average Bonchev–Trinajstić information content (AvgIpc) is 3.08. The zero-order valence-corrected chi connectivity index (χ0v) is 12.7. The van der Waals surface area contributed by atoms with Crippen LogP contribution in [0.15, 0.2) is 12.4 Å². The highest BCUT2D eigenvalue weighted by Gasteiger charge is 2.39. The molecule has 1 aromatic rings. The first-order chi connectivity index (χ1) is 9.76. The maximum atomic E-state index is 4.72. The van der Waals surface area contributed by atoms with Gasteiger partial charge in [-0.1, -0.05) is 13.3 Å². The Morgan fingerprint density at radius 3 is 2.90 bits per heavy atom. The summed E-state index contributed by atoms with van der Waals surface area (Å²) in [6.07, 6.45) is 9.59. The quantitative estimate of drug-likeness (QED) is 0.865. The van der Waals surface area contributed by atoms with Crippen LogP contribution in [-0.2, 0) is 6.54 Å². The zero-order chi connectivity index (χ0) is 13.9. The van der Waals surface area contributed by atoms with Gasteiger partial charge >= 0.3 is 0 Å². The standard InChI is InChI=1S/C16H26N4/c1-3-17-8-15-9-18-10-16(19-15)20(2)11-14-7-12-4-5-13(14)6-12/h9-10,12-14,17H,3-8,11H2,1-2H3. The molecule has 2 aliphatic carbocycles. The Bertz CT molecular complexity index is 448. The SMILES string of the molecule is CCNCc1cncc(N(C)CC2CC3CCC2C3)n1. The lowest BCUT2D eigenvalue weighted by Gasteiger charge is -2.27. The van der Waals surface area contributed by atoms with Crippen LogP contribution in [0.3, 0.4) is 0 Å². The van der Waals surface area contributed by atoms with Gasteiger partial charge < -0.3 is 10.2 Å². The molecule has 4 nitrogen and oxygen atoms in total. The molecule has 0 aliphatic heterocycles. The predicted octanol–water partition coefficient (Wildman–Crippen LogP) is 2.46. The van der Waals surface area contributed by atoms with Crippen molar-refractivity contribution >= 4 is 5.82 Å². The molecule has 110 valence electrons. The summed E-state index contributed by atoms with van der Waals surface area (Å²) in [7, 11) is 2.16. The summed E-state index contributed by atoms with van der Waals surface area (Å²) in [6, 6.07) is 0. The summed E-state index contributed by atoms with van der Waals surface area (Å²) >= 11 is 0. The fourth-order valence-corrected chi connectivity index (χ4v) is 3.96. The van der Waals surface area contributed by atoms with E-state index in [4.69, 9.17) is 4.98 Å². The normalized spacial score (nSPS) is 28.0. The van der Waals surface area contributed by atoms with Crippen LogP contribution in [0.4, 0.5) is 5.82 Å². The molecular formula is C16H26N4. The van der Waals surface area contributed by atoms with Crippen molar-refractivity contribution in [2.75, 3.05) is 25.0 Å². The van der Waals surface area contributed by atoms with Gasteiger partial charge in [0.1, 0.15) is 5.82 Å². The van der Waals surface area contributed by atoms with Gasteiger partial charge in [-0.3, -0.25) is 4.98 Å². The molecule has 0 spiro atoms. The summed E-state index contributed by atoms with van der Waals surface area (Å²) in [5.41, 5.74) is 1.03. The minimum atomic E-state index is 0.805. The Morgan fingerprint density at radius 2 is 2.20 bits per heavy atom. The van der Waals surface area contributed by atoms with E-state index in [1.165, 1.54) is 25.7 Å². The molecule has 2 saturated carbocycles. The molecule has 0 saturated heterocycles. The molecule has 0 radical (unpaired) electrons. The van der Waals surface area contributed by atoms with Crippen molar-refractivity contribution < 1.29 is 0 Å². The van der Waals surface area contributed by atoms with Crippen LogP contribution in [0.1, 0.15) is 38.3 Å². The minimum absolute atomic E-state index is 0.805. The predicted molar refractivity (Wildman–Crippen MR) is 81.6 cm³/mol. The Kier molecular flexibility index (Phi) is 4.20. The number of nitrogens with one attached hydrogen (secondary N) is 1. The lowest BCUT2D eigenvalue weighted by Crippen LogP contribution is -2.29. The van der Waals surface area contributed by atoms with Crippen molar-refractivity contribution in [3.63, 3.8) is 0 Å². The summed E-state index contributed by atoms with van der Waals surface area (Å²) in [5.74, 6) is 3.88. The Morgan fingerprint density at radius 1 is 1.30 bits per heavy atom. The van der Waals surface area contributed by atoms with Gasteiger partial charge in [-0.15, -0.1) is 0 Å². The van der Waals surface area contributed by atoms with Crippen molar-refractivity contribution in [3.05, 3.63) is 18.1 Å². The van der Waals surface area contributed by atoms with E-state index >= 15 is 0 Å². The zero-order valence-electron chi connectivity index (χ0n) is 12.7. The summed E-state index contributed by atoms with van der Waals surface area (Å²) < 4.78 is 0. The average molecular weight is 274 g/mol. The van der Waals surface area contributed by atoms with Gasteiger partial charge in [-0.05, 0) is 43.6 Å². The second-order valence-corrected chi connectivity index (χ2v) is 6.46. The number of anilines is 1. The molecule has 1 aromatic heterocycles. The largest absolute Gasteiger partial charge is 0.358 e. The molecular weight excluding hydrogens is 248 g/mol. The van der Waals surface area contributed by atoms with Crippen molar-refractivity contribution in [3.8, 4) is 0 Å². The van der Waals surface area contributed by atoms with E-state index in [9.17, 15) is 0 Å². The van der Waals surface area contributed by atoms with Crippen molar-refractivity contribution in [2.45, 2.75) is 39.2 Å². The Hall–Kier alpha value is -1.16. The van der Waals surface area contributed by atoms with Crippen LogP contribution < -0.4 is 10.2 Å². The number of nitrogens with zero attached hydrogens (tertiary/aromatic N) is 3. The number of hydrogen-bond donors (Lipinski definition) is 1. The van der Waals surface area contributed by atoms with Crippen LogP contribution >= 0.6 is 0 Å². The minimum Gasteiger partial charge on any atom is -0.358 e. The fourth-order valence-electron chi connectivity index (χ4n) is 3.96. The number of hydrogen-bond acceptors (Lipinski definition) is 4. The molecule has 20 heavy (non-hydrogen) atoms. The highest BCUT2D eigenvalue weighted by molar-refractivity contribution is 5.35. The second kappa shape index (κ2) is 6.08. The van der Waals surface area contributed by atoms with Gasteiger partial charge in [-0.25, -0.2) is 4.98 Å². The highest BCUT2D eigenvalue weighted by Crippen LogP contribution is 2.48. The molecule has 3 unspecified atom stereocenters. The van der Waals surface area contributed by atoms with Crippen LogP contribution in [0.25, 0.3) is 0 Å². The van der Waals surface area contributed by atoms with E-state index in [1.54, 1.807) is 0 Å². The van der Waals surface area contributed by atoms with E-state index in [2.05, 4.69) is 29.2 Å². The lowest BCUT2D eigenvalue weighted by molar-refractivity contribution is 0.337. The lowest BCUT2D eigenvalue weighted by atomic mass is 9.88. The summed E-state index contributed by atoms with van der Waals surface area (Å²) in [6.45, 7) is 5.02. The van der Waals surface area contributed by atoms with Gasteiger partial charge in [0.25, 0.3) is 0 Å². The maximum Gasteiger partial charge on any atom is 0.147 e. The molecule has 1 N–H and O–H groups in total. The first-order valence-electron chi connectivity index (χ1n) is 7.99. The van der Waals surface area contributed by atoms with Crippen LogP contribution in [0, 0.1) is 17.8 Å². The van der Waals surface area contributed by atoms with E-state index in [0.717, 1.165) is 48.9 Å². The fraction of sp³-hybridized carbons (Fsp3) is 0.750. The van der Waals surface area contributed by atoms with E-state index in [0.29, 0.717) is 0 Å². The van der Waals surface area contributed by atoms with Crippen molar-refractivity contribution in [1.82, 2.24) is 15.3 Å². The maximum absolute atomic E-state index is 4.72. The topological polar surface area (TPSA) is 41.1 Å². The molecule has 1 heterocycles. The van der Waals surface area contributed by atoms with E-state index in [1.807, 2.05) is 12.4 Å². The molecule has 2 fully saturated rings. The third-order valence-corrected chi connectivity index (χ3v) is 5.01. The molecule has 4 heteroatoms. The van der Waals surface area contributed by atoms with Gasteiger partial charge in [0.15, 0.2) is 0 Å². The number of aromatic nitrogens is 2. The van der Waals surface area contributed by atoms with Gasteiger partial charge in [0.2, 0.25) is 0 Å². The second-order valence-electron chi connectivity index (χ2n) is 6.46. The van der Waals surface area contributed by atoms with Gasteiger partial charge in [-0.2, -0.15) is 0 Å². The highest BCUT2D eigenvalue weighted by atomic mass is 15.2. The first-order valence-corrected chi connectivity index (χ1v) is 7.99. The monoisotopic (exact) mass is 274 g/mol. The molecule has 3 atom stereocenters. The third-order valence-electron chi connectivity index (χ3n) is 5.01. The summed E-state index contributed by atoms with van der Waals surface area (Å²) in [5, 5.41) is 3.30. The number of rotatable bonds is 6. The Labute approximate surface area is 122 Å². The van der Waals surface area contributed by atoms with Crippen LogP contribution in [-0.4, -0.2) is 30.1 Å². The molecule has 2 bridgehead atoms. The first kappa shape index (κ1) is 13.8. The van der Waals surface area contributed by atoms with Gasteiger partial charge in [0, 0.05) is 26.3 Å².